The molecule has 2 aromatic carbocycles. The van der Waals surface area contributed by atoms with Gasteiger partial charge in [-0.3, -0.25) is 19.8 Å². The molecule has 7 nitrogen and oxygen atoms in total. The SMILES string of the molecule is COc1cc(N2CCOCC2)ccc1/C=C1\C(=O)NC(=S)N(c2cc(C)cc(C)c2)C1=O. The van der Waals surface area contributed by atoms with Crippen LogP contribution in [0, 0.1) is 13.8 Å². The number of hydrogen-bond donors (Lipinski definition) is 1. The highest BCUT2D eigenvalue weighted by Gasteiger charge is 2.34. The van der Waals surface area contributed by atoms with Crippen LogP contribution in [-0.2, 0) is 14.3 Å². The highest BCUT2D eigenvalue weighted by atomic mass is 32.1. The van der Waals surface area contributed by atoms with Crippen molar-refractivity contribution in [3.8, 4) is 5.75 Å². The molecule has 0 saturated carbocycles. The lowest BCUT2D eigenvalue weighted by molar-refractivity contribution is -0.122. The van der Waals surface area contributed by atoms with Gasteiger partial charge in [0.05, 0.1) is 26.0 Å². The lowest BCUT2D eigenvalue weighted by atomic mass is 10.0. The molecule has 32 heavy (non-hydrogen) atoms. The van der Waals surface area contributed by atoms with E-state index < -0.39 is 11.8 Å². The largest absolute Gasteiger partial charge is 0.496 e. The summed E-state index contributed by atoms with van der Waals surface area (Å²) >= 11 is 5.31. The van der Waals surface area contributed by atoms with Crippen molar-refractivity contribution in [2.45, 2.75) is 13.8 Å². The summed E-state index contributed by atoms with van der Waals surface area (Å²) in [5, 5.41) is 2.70. The van der Waals surface area contributed by atoms with Crippen LogP contribution in [0.1, 0.15) is 16.7 Å². The topological polar surface area (TPSA) is 71.1 Å². The summed E-state index contributed by atoms with van der Waals surface area (Å²) in [7, 11) is 1.57. The molecular formula is C24H25N3O4S. The number of nitrogens with zero attached hydrogens (tertiary/aromatic N) is 2. The number of nitrogens with one attached hydrogen (secondary N) is 1. The maximum atomic E-state index is 13.3. The Hall–Kier alpha value is -3.23. The second kappa shape index (κ2) is 9.10. The van der Waals surface area contributed by atoms with Crippen LogP contribution in [0.4, 0.5) is 11.4 Å². The van der Waals surface area contributed by atoms with Crippen LogP contribution < -0.4 is 19.9 Å². The number of thiocarbonyl (C=S) groups is 1. The fourth-order valence-corrected chi connectivity index (χ4v) is 4.25. The summed E-state index contributed by atoms with van der Waals surface area (Å²) in [6.45, 7) is 6.85. The number of benzene rings is 2. The first kappa shape index (κ1) is 22.0. The average Bonchev–Trinajstić information content (AvgIpc) is 2.76. The molecule has 2 fully saturated rings. The average molecular weight is 452 g/mol. The van der Waals surface area contributed by atoms with Gasteiger partial charge in [0, 0.05) is 30.4 Å². The lowest BCUT2D eigenvalue weighted by Crippen LogP contribution is -2.54. The third kappa shape index (κ3) is 4.37. The number of ether oxygens (including phenoxy) is 2. The molecule has 0 atom stereocenters. The minimum Gasteiger partial charge on any atom is -0.496 e. The molecule has 0 radical (unpaired) electrons. The van der Waals surface area contributed by atoms with Gasteiger partial charge < -0.3 is 14.4 Å². The number of carbonyl (C=O) groups is 2. The van der Waals surface area contributed by atoms with E-state index in [1.165, 1.54) is 4.90 Å². The Morgan fingerprint density at radius 2 is 1.72 bits per heavy atom. The standard InChI is InChI=1S/C24H25N3O4S/c1-15-10-16(2)12-19(11-15)27-23(29)20(22(28)25-24(27)32)13-17-4-5-18(14-21(17)30-3)26-6-8-31-9-7-26/h4-5,10-14H,6-9H2,1-3H3,(H,25,28,32)/b20-13+. The maximum absolute atomic E-state index is 13.3. The van der Waals surface area contributed by atoms with Gasteiger partial charge in [0.25, 0.3) is 11.8 Å². The van der Waals surface area contributed by atoms with Crippen LogP contribution in [0.2, 0.25) is 0 Å². The Labute approximate surface area is 192 Å². The van der Waals surface area contributed by atoms with Crippen LogP contribution in [0.25, 0.3) is 6.08 Å². The van der Waals surface area contributed by atoms with Gasteiger partial charge >= 0.3 is 0 Å². The molecule has 0 unspecified atom stereocenters. The predicted octanol–water partition coefficient (Wildman–Crippen LogP) is 2.98. The molecule has 2 aliphatic heterocycles. The van der Waals surface area contributed by atoms with Gasteiger partial charge in [-0.1, -0.05) is 6.07 Å². The first-order valence-electron chi connectivity index (χ1n) is 10.4. The second-order valence-corrected chi connectivity index (χ2v) is 8.22. The van der Waals surface area contributed by atoms with E-state index in [0.717, 1.165) is 29.9 Å². The molecule has 2 aliphatic rings. The Bertz CT molecular complexity index is 1100. The molecule has 0 spiro atoms. The van der Waals surface area contributed by atoms with Crippen molar-refractivity contribution in [1.29, 1.82) is 0 Å². The van der Waals surface area contributed by atoms with Crippen molar-refractivity contribution >= 4 is 46.6 Å². The molecule has 1 N–H and O–H groups in total. The summed E-state index contributed by atoms with van der Waals surface area (Å²) in [4.78, 5) is 29.6. The maximum Gasteiger partial charge on any atom is 0.270 e. The zero-order chi connectivity index (χ0) is 22.8. The molecule has 2 saturated heterocycles. The van der Waals surface area contributed by atoms with Crippen molar-refractivity contribution < 1.29 is 19.1 Å². The summed E-state index contributed by atoms with van der Waals surface area (Å²) in [5.74, 6) is -0.420. The van der Waals surface area contributed by atoms with Gasteiger partial charge in [-0.2, -0.15) is 0 Å². The third-order valence-corrected chi connectivity index (χ3v) is 5.74. The summed E-state index contributed by atoms with van der Waals surface area (Å²) in [6, 6.07) is 11.5. The van der Waals surface area contributed by atoms with Gasteiger partial charge in [-0.05, 0) is 67.5 Å². The number of anilines is 2. The van der Waals surface area contributed by atoms with Crippen LogP contribution in [-0.4, -0.2) is 50.3 Å². The normalized spacial score (nSPS) is 18.2. The van der Waals surface area contributed by atoms with E-state index >= 15 is 0 Å². The quantitative estimate of drug-likeness (QED) is 0.438. The number of amides is 2. The number of carbonyl (C=O) groups excluding carboxylic acids is 2. The molecule has 0 aromatic heterocycles. The predicted molar refractivity (Wildman–Crippen MR) is 128 cm³/mol. The van der Waals surface area contributed by atoms with E-state index in [2.05, 4.69) is 10.2 Å². The van der Waals surface area contributed by atoms with Gasteiger partial charge in [0.1, 0.15) is 11.3 Å². The minimum absolute atomic E-state index is 0.00446. The van der Waals surface area contributed by atoms with Gasteiger partial charge in [-0.15, -0.1) is 0 Å². The first-order chi connectivity index (χ1) is 15.4. The minimum atomic E-state index is -0.528. The second-order valence-electron chi connectivity index (χ2n) is 7.83. The van der Waals surface area contributed by atoms with Crippen LogP contribution in [0.15, 0.2) is 42.0 Å². The number of methoxy groups -OCH3 is 1. The van der Waals surface area contributed by atoms with Crippen LogP contribution in [0.5, 0.6) is 5.75 Å². The highest BCUT2D eigenvalue weighted by molar-refractivity contribution is 7.80. The molecular weight excluding hydrogens is 426 g/mol. The molecule has 2 aromatic rings. The summed E-state index contributed by atoms with van der Waals surface area (Å²) in [5.41, 5.74) is 4.26. The van der Waals surface area contributed by atoms with E-state index in [1.807, 2.05) is 50.2 Å². The zero-order valence-electron chi connectivity index (χ0n) is 18.3. The fourth-order valence-electron chi connectivity index (χ4n) is 3.96. The Morgan fingerprint density at radius 1 is 1.03 bits per heavy atom. The number of aryl methyl sites for hydroxylation is 2. The van der Waals surface area contributed by atoms with E-state index in [4.69, 9.17) is 21.7 Å². The Morgan fingerprint density at radius 3 is 2.38 bits per heavy atom. The van der Waals surface area contributed by atoms with Crippen LogP contribution in [0.3, 0.4) is 0 Å². The van der Waals surface area contributed by atoms with Gasteiger partial charge in [0.15, 0.2) is 5.11 Å². The van der Waals surface area contributed by atoms with E-state index in [1.54, 1.807) is 13.2 Å². The van der Waals surface area contributed by atoms with E-state index in [0.29, 0.717) is 30.2 Å². The van der Waals surface area contributed by atoms with Gasteiger partial charge in [-0.25, -0.2) is 0 Å². The van der Waals surface area contributed by atoms with Crippen molar-refractivity contribution in [3.63, 3.8) is 0 Å². The van der Waals surface area contributed by atoms with Gasteiger partial charge in [0.2, 0.25) is 0 Å². The monoisotopic (exact) mass is 451 g/mol. The third-order valence-electron chi connectivity index (χ3n) is 5.46. The molecule has 0 aliphatic carbocycles. The van der Waals surface area contributed by atoms with Crippen LogP contribution >= 0.6 is 12.2 Å². The summed E-state index contributed by atoms with van der Waals surface area (Å²) in [6.07, 6.45) is 1.55. The number of hydrogen-bond acceptors (Lipinski definition) is 6. The summed E-state index contributed by atoms with van der Waals surface area (Å²) < 4.78 is 11.0. The molecule has 2 heterocycles. The highest BCUT2D eigenvalue weighted by Crippen LogP contribution is 2.30. The molecule has 0 bridgehead atoms. The Kier molecular flexibility index (Phi) is 6.25. The van der Waals surface area contributed by atoms with Crippen molar-refractivity contribution in [2.75, 3.05) is 43.2 Å². The molecule has 2 amide bonds. The van der Waals surface area contributed by atoms with E-state index in [-0.39, 0.29) is 10.7 Å². The van der Waals surface area contributed by atoms with Crippen molar-refractivity contribution in [1.82, 2.24) is 5.32 Å². The molecule has 4 rings (SSSR count). The van der Waals surface area contributed by atoms with Crippen molar-refractivity contribution in [2.24, 2.45) is 0 Å². The lowest BCUT2D eigenvalue weighted by Gasteiger charge is -2.30. The molecule has 166 valence electrons. The van der Waals surface area contributed by atoms with E-state index in [9.17, 15) is 9.59 Å². The fraction of sp³-hybridized carbons (Fsp3) is 0.292. The zero-order valence-corrected chi connectivity index (χ0v) is 19.1. The molecule has 8 heteroatoms. The number of morpholine rings is 1. The number of rotatable bonds is 4. The first-order valence-corrected chi connectivity index (χ1v) is 10.8. The van der Waals surface area contributed by atoms with Crippen molar-refractivity contribution in [3.05, 3.63) is 58.7 Å². The Balaban J connectivity index is 1.69. The smallest absolute Gasteiger partial charge is 0.270 e.